The highest BCUT2D eigenvalue weighted by Gasteiger charge is 2.30. The smallest absolute Gasteiger partial charge is 0.149 e. The molecule has 10 aromatic rings. The van der Waals surface area contributed by atoms with Crippen molar-refractivity contribution < 1.29 is 5.11 Å². The van der Waals surface area contributed by atoms with Crippen LogP contribution >= 0.6 is 0 Å². The molecule has 64 heavy (non-hydrogen) atoms. The van der Waals surface area contributed by atoms with E-state index in [0.717, 1.165) is 94.4 Å². The second-order valence-electron chi connectivity index (χ2n) is 18.9. The van der Waals surface area contributed by atoms with Gasteiger partial charge in [0, 0.05) is 33.8 Å². The van der Waals surface area contributed by atoms with E-state index in [9.17, 15) is 5.11 Å². The van der Waals surface area contributed by atoms with Crippen molar-refractivity contribution in [1.82, 2.24) is 14.5 Å². The number of hydrogen-bond donors (Lipinski definition) is 1. The monoisotopic (exact) mass is 829 g/mol. The Morgan fingerprint density at radius 3 is 1.77 bits per heavy atom. The van der Waals surface area contributed by atoms with Gasteiger partial charge in [0.2, 0.25) is 0 Å². The van der Waals surface area contributed by atoms with Crippen LogP contribution in [0.5, 0.6) is 5.75 Å². The number of hydrogen-bond acceptors (Lipinski definition) is 3. The van der Waals surface area contributed by atoms with Gasteiger partial charge in [-0.2, -0.15) is 0 Å². The lowest BCUT2D eigenvalue weighted by Gasteiger charge is -2.28. The Morgan fingerprint density at radius 2 is 1.08 bits per heavy atom. The highest BCUT2D eigenvalue weighted by molar-refractivity contribution is 6.03. The van der Waals surface area contributed by atoms with E-state index in [1.807, 2.05) is 12.3 Å². The number of phenols is 1. The predicted octanol–water partition coefficient (Wildman–Crippen LogP) is 15.9. The normalized spacial score (nSPS) is 12.0. The van der Waals surface area contributed by atoms with Gasteiger partial charge in [-0.25, -0.2) is 4.98 Å². The van der Waals surface area contributed by atoms with E-state index in [0.29, 0.717) is 11.4 Å². The van der Waals surface area contributed by atoms with Gasteiger partial charge in [0.15, 0.2) is 0 Å². The molecule has 0 radical (unpaired) electrons. The number of pyridine rings is 1. The fraction of sp³-hybridized carbons (Fsp3) is 0.133. The molecule has 0 aliphatic heterocycles. The minimum atomic E-state index is -0.336. The average Bonchev–Trinajstić information content (AvgIpc) is 3.70. The van der Waals surface area contributed by atoms with Gasteiger partial charge in [-0.3, -0.25) is 9.55 Å². The van der Waals surface area contributed by atoms with Crippen LogP contribution in [0.3, 0.4) is 0 Å². The van der Waals surface area contributed by atoms with Crippen molar-refractivity contribution in [2.24, 2.45) is 0 Å². The summed E-state index contributed by atoms with van der Waals surface area (Å²) in [4.78, 5) is 10.7. The number of nitrogens with zero attached hydrogens (tertiary/aromatic N) is 3. The largest absolute Gasteiger partial charge is 0.507 e. The van der Waals surface area contributed by atoms with Crippen LogP contribution in [-0.4, -0.2) is 19.6 Å². The van der Waals surface area contributed by atoms with Gasteiger partial charge in [0.1, 0.15) is 11.6 Å². The van der Waals surface area contributed by atoms with Crippen molar-refractivity contribution in [3.63, 3.8) is 0 Å². The molecular formula is C60H51N3O. The first-order valence-electron chi connectivity index (χ1n) is 22.1. The van der Waals surface area contributed by atoms with Crippen LogP contribution in [0, 0.1) is 0 Å². The molecule has 0 atom stereocenters. The molecule has 312 valence electrons. The molecule has 4 heteroatoms. The summed E-state index contributed by atoms with van der Waals surface area (Å²) in [6, 6.07) is 66.5. The molecule has 0 bridgehead atoms. The fourth-order valence-corrected chi connectivity index (χ4v) is 9.02. The highest BCUT2D eigenvalue weighted by atomic mass is 16.3. The van der Waals surface area contributed by atoms with E-state index in [1.54, 1.807) is 0 Å². The third-order valence-electron chi connectivity index (χ3n) is 12.4. The van der Waals surface area contributed by atoms with Crippen molar-refractivity contribution >= 4 is 21.8 Å². The van der Waals surface area contributed by atoms with Gasteiger partial charge in [-0.15, -0.1) is 0 Å². The number of phenolic OH excluding ortho intramolecular Hbond substituents is 1. The lowest BCUT2D eigenvalue weighted by molar-refractivity contribution is 0.446. The van der Waals surface area contributed by atoms with Crippen LogP contribution in [0.25, 0.3) is 94.6 Å². The molecular weight excluding hydrogens is 779 g/mol. The van der Waals surface area contributed by atoms with Crippen LogP contribution in [0.2, 0.25) is 0 Å². The molecule has 10 rings (SSSR count). The van der Waals surface area contributed by atoms with E-state index in [2.05, 4.69) is 228 Å². The maximum absolute atomic E-state index is 12.6. The number of rotatable bonds is 7. The Kier molecular flexibility index (Phi) is 10.1. The molecule has 0 amide bonds. The van der Waals surface area contributed by atoms with Crippen LogP contribution in [0.1, 0.15) is 52.7 Å². The lowest BCUT2D eigenvalue weighted by Crippen LogP contribution is -2.17. The van der Waals surface area contributed by atoms with E-state index in [1.165, 1.54) is 0 Å². The quantitative estimate of drug-likeness (QED) is 0.174. The van der Waals surface area contributed by atoms with Gasteiger partial charge in [0.25, 0.3) is 0 Å². The highest BCUT2D eigenvalue weighted by Crippen LogP contribution is 2.47. The molecule has 0 spiro atoms. The maximum atomic E-state index is 12.6. The van der Waals surface area contributed by atoms with Gasteiger partial charge < -0.3 is 5.11 Å². The molecule has 1 N–H and O–H groups in total. The number of fused-ring (bicyclic) bond motifs is 2. The van der Waals surface area contributed by atoms with E-state index >= 15 is 0 Å². The second-order valence-corrected chi connectivity index (χ2v) is 18.9. The Balaban J connectivity index is 1.31. The molecule has 2 aromatic heterocycles. The summed E-state index contributed by atoms with van der Waals surface area (Å²) >= 11 is 0. The van der Waals surface area contributed by atoms with Crippen molar-refractivity contribution in [3.8, 4) is 78.6 Å². The van der Waals surface area contributed by atoms with E-state index in [-0.39, 0.29) is 16.6 Å². The first-order chi connectivity index (χ1) is 30.9. The number of para-hydroxylation sites is 1. The van der Waals surface area contributed by atoms with Crippen LogP contribution in [-0.2, 0) is 10.8 Å². The van der Waals surface area contributed by atoms with E-state index in [4.69, 9.17) is 9.97 Å². The number of aromatic hydroxyl groups is 1. The van der Waals surface area contributed by atoms with Crippen LogP contribution < -0.4 is 0 Å². The molecule has 2 heterocycles. The Morgan fingerprint density at radius 1 is 0.453 bits per heavy atom. The Hall–Kier alpha value is -7.56. The zero-order valence-corrected chi connectivity index (χ0v) is 37.3. The first-order valence-corrected chi connectivity index (χ1v) is 22.1. The summed E-state index contributed by atoms with van der Waals surface area (Å²) in [5.74, 6) is 0.930. The number of benzene rings is 8. The summed E-state index contributed by atoms with van der Waals surface area (Å²) < 4.78 is 2.31. The zero-order valence-electron chi connectivity index (χ0n) is 37.3. The molecule has 0 saturated heterocycles. The van der Waals surface area contributed by atoms with Gasteiger partial charge in [-0.05, 0) is 97.6 Å². The first kappa shape index (κ1) is 40.5. The van der Waals surface area contributed by atoms with Gasteiger partial charge in [-0.1, -0.05) is 187 Å². The fourth-order valence-electron chi connectivity index (χ4n) is 9.02. The van der Waals surface area contributed by atoms with Crippen molar-refractivity contribution in [1.29, 1.82) is 0 Å². The molecule has 0 fully saturated rings. The topological polar surface area (TPSA) is 50.9 Å². The SMILES string of the molecule is CC(C)(C)c1cc(-c2nc3c(-c4cc(-c5ccccc5)cc(-c5cc(-c6ccccc6)ccn5)c4)cccc3n2-c2c(-c3ccccc3)ccc3ccccc23)c(O)c(C(C)(C)C)c1. The standard InChI is InChI=1S/C60H51N3O/c1-59(2,3)47-37-51(57(64)52(38-47)60(4,5)6)58-62-55-48(27-18-28-54(55)63(58)56-49-26-17-16-25-42(49)29-30-50(56)41-23-14-9-15-24-41)45-33-44(40-21-12-8-13-22-40)34-46(35-45)53-36-43(31-32-61-53)39-19-10-7-11-20-39/h7-38,64H,1-6H3. The van der Waals surface area contributed by atoms with Crippen LogP contribution in [0.4, 0.5) is 0 Å². The third kappa shape index (κ3) is 7.45. The van der Waals surface area contributed by atoms with Crippen molar-refractivity contribution in [2.75, 3.05) is 0 Å². The number of aromatic nitrogens is 3. The molecule has 0 unspecified atom stereocenters. The van der Waals surface area contributed by atoms with Gasteiger partial charge in [0.05, 0.1) is 28.0 Å². The Bertz CT molecular complexity index is 3330. The van der Waals surface area contributed by atoms with E-state index < -0.39 is 0 Å². The van der Waals surface area contributed by atoms with Crippen LogP contribution in [0.15, 0.2) is 194 Å². The molecule has 0 aliphatic rings. The number of imidazole rings is 1. The molecule has 4 nitrogen and oxygen atoms in total. The molecule has 0 aliphatic carbocycles. The minimum absolute atomic E-state index is 0.195. The maximum Gasteiger partial charge on any atom is 0.149 e. The summed E-state index contributed by atoms with van der Waals surface area (Å²) in [5, 5.41) is 14.8. The van der Waals surface area contributed by atoms with Gasteiger partial charge >= 0.3 is 0 Å². The Labute approximate surface area is 376 Å². The molecule has 8 aromatic carbocycles. The van der Waals surface area contributed by atoms with Crippen molar-refractivity contribution in [3.05, 3.63) is 205 Å². The second kappa shape index (κ2) is 16.0. The average molecular weight is 830 g/mol. The minimum Gasteiger partial charge on any atom is -0.507 e. The lowest BCUT2D eigenvalue weighted by atomic mass is 9.79. The third-order valence-corrected chi connectivity index (χ3v) is 12.4. The zero-order chi connectivity index (χ0) is 44.2. The summed E-state index contributed by atoms with van der Waals surface area (Å²) in [7, 11) is 0. The summed E-state index contributed by atoms with van der Waals surface area (Å²) in [5.41, 5.74) is 15.5. The summed E-state index contributed by atoms with van der Waals surface area (Å²) in [6.45, 7) is 13.2. The van der Waals surface area contributed by atoms with Crippen molar-refractivity contribution in [2.45, 2.75) is 52.4 Å². The molecule has 0 saturated carbocycles. The summed E-state index contributed by atoms with van der Waals surface area (Å²) in [6.07, 6.45) is 1.90. The predicted molar refractivity (Wildman–Crippen MR) is 268 cm³/mol.